The van der Waals surface area contributed by atoms with Gasteiger partial charge < -0.3 is 20.1 Å². The minimum atomic E-state index is -4.31. The molecular formula is C22H29F3IN3O2. The summed E-state index contributed by atoms with van der Waals surface area (Å²) in [6, 6.07) is 15.1. The summed E-state index contributed by atoms with van der Waals surface area (Å²) in [6.07, 6.45) is -3.52. The predicted octanol–water partition coefficient (Wildman–Crippen LogP) is 4.69. The van der Waals surface area contributed by atoms with Crippen LogP contribution in [-0.4, -0.2) is 38.9 Å². The lowest BCUT2D eigenvalue weighted by atomic mass is 10.1. The molecule has 0 aliphatic heterocycles. The van der Waals surface area contributed by atoms with Crippen LogP contribution < -0.4 is 15.4 Å². The van der Waals surface area contributed by atoms with Crippen LogP contribution in [0, 0.1) is 0 Å². The Kier molecular flexibility index (Phi) is 12.3. The molecule has 0 heterocycles. The van der Waals surface area contributed by atoms with Gasteiger partial charge in [-0.25, -0.2) is 4.99 Å². The van der Waals surface area contributed by atoms with Gasteiger partial charge in [-0.1, -0.05) is 42.5 Å². The van der Waals surface area contributed by atoms with Crippen molar-refractivity contribution in [3.05, 3.63) is 65.2 Å². The first kappa shape index (κ1) is 27.0. The van der Waals surface area contributed by atoms with Crippen molar-refractivity contribution in [3.8, 4) is 5.75 Å². The lowest BCUT2D eigenvalue weighted by Gasteiger charge is -2.13. The van der Waals surface area contributed by atoms with Crippen molar-refractivity contribution in [2.75, 3.05) is 26.8 Å². The van der Waals surface area contributed by atoms with Gasteiger partial charge in [-0.2, -0.15) is 13.2 Å². The zero-order valence-electron chi connectivity index (χ0n) is 17.7. The van der Waals surface area contributed by atoms with Gasteiger partial charge in [0.15, 0.2) is 5.96 Å². The van der Waals surface area contributed by atoms with Gasteiger partial charge in [-0.05, 0) is 36.1 Å². The first-order chi connectivity index (χ1) is 14.4. The Balaban J connectivity index is 0.00000480. The van der Waals surface area contributed by atoms with Crippen LogP contribution in [0.25, 0.3) is 0 Å². The lowest BCUT2D eigenvalue weighted by molar-refractivity contribution is -0.176. The number of aliphatic imine (C=N–C) groups is 1. The third kappa shape index (κ3) is 10.7. The number of nitrogens with zero attached hydrogens (tertiary/aromatic N) is 1. The number of guanidine groups is 1. The minimum absolute atomic E-state index is 0. The number of rotatable bonds is 10. The van der Waals surface area contributed by atoms with E-state index in [0.29, 0.717) is 24.6 Å². The maximum absolute atomic E-state index is 12.1. The van der Waals surface area contributed by atoms with E-state index in [2.05, 4.69) is 20.4 Å². The van der Waals surface area contributed by atoms with Gasteiger partial charge in [0.1, 0.15) is 12.4 Å². The smallest absolute Gasteiger partial charge is 0.411 e. The van der Waals surface area contributed by atoms with E-state index in [0.717, 1.165) is 29.8 Å². The number of halogens is 4. The Bertz CT molecular complexity index is 799. The molecule has 0 aliphatic rings. The van der Waals surface area contributed by atoms with E-state index in [-0.39, 0.29) is 30.6 Å². The molecule has 2 rings (SSSR count). The molecule has 31 heavy (non-hydrogen) atoms. The quantitative estimate of drug-likeness (QED) is 0.256. The van der Waals surface area contributed by atoms with Crippen molar-refractivity contribution in [2.45, 2.75) is 32.7 Å². The molecule has 0 fully saturated rings. The molecule has 0 atom stereocenters. The molecule has 9 heteroatoms. The van der Waals surface area contributed by atoms with E-state index in [1.807, 2.05) is 43.3 Å². The van der Waals surface area contributed by atoms with Crippen molar-refractivity contribution in [2.24, 2.45) is 4.99 Å². The number of nitrogens with one attached hydrogen (secondary N) is 2. The molecule has 0 aliphatic carbocycles. The summed E-state index contributed by atoms with van der Waals surface area (Å²) < 4.78 is 46.4. The third-order valence-electron chi connectivity index (χ3n) is 4.20. The van der Waals surface area contributed by atoms with Crippen LogP contribution in [0.15, 0.2) is 53.5 Å². The highest BCUT2D eigenvalue weighted by Crippen LogP contribution is 2.17. The van der Waals surface area contributed by atoms with Crippen LogP contribution in [0.3, 0.4) is 0 Å². The fourth-order valence-electron chi connectivity index (χ4n) is 2.76. The molecule has 2 N–H and O–H groups in total. The van der Waals surface area contributed by atoms with Gasteiger partial charge in [-0.15, -0.1) is 24.0 Å². The van der Waals surface area contributed by atoms with E-state index in [9.17, 15) is 13.2 Å². The van der Waals surface area contributed by atoms with Gasteiger partial charge in [0.25, 0.3) is 0 Å². The topological polar surface area (TPSA) is 54.9 Å². The number of benzene rings is 2. The second-order valence-electron chi connectivity index (χ2n) is 6.61. The second kappa shape index (κ2) is 14.1. The van der Waals surface area contributed by atoms with Crippen molar-refractivity contribution in [3.63, 3.8) is 0 Å². The van der Waals surface area contributed by atoms with Crippen molar-refractivity contribution >= 4 is 29.9 Å². The number of methoxy groups -OCH3 is 1. The zero-order chi connectivity index (χ0) is 21.8. The van der Waals surface area contributed by atoms with Gasteiger partial charge in [0.2, 0.25) is 0 Å². The van der Waals surface area contributed by atoms with E-state index < -0.39 is 12.8 Å². The Morgan fingerprint density at radius 1 is 1.00 bits per heavy atom. The maximum Gasteiger partial charge on any atom is 0.411 e. The minimum Gasteiger partial charge on any atom is -0.496 e. The summed E-state index contributed by atoms with van der Waals surface area (Å²) in [5, 5.41) is 6.50. The number of alkyl halides is 3. The first-order valence-corrected chi connectivity index (χ1v) is 9.77. The van der Waals surface area contributed by atoms with Crippen LogP contribution in [0.2, 0.25) is 0 Å². The summed E-state index contributed by atoms with van der Waals surface area (Å²) in [4.78, 5) is 4.56. The Morgan fingerprint density at radius 2 is 1.68 bits per heavy atom. The van der Waals surface area contributed by atoms with E-state index >= 15 is 0 Å². The molecular weight excluding hydrogens is 522 g/mol. The third-order valence-corrected chi connectivity index (χ3v) is 4.20. The van der Waals surface area contributed by atoms with E-state index in [1.165, 1.54) is 0 Å². The summed E-state index contributed by atoms with van der Waals surface area (Å²) in [7, 11) is 1.66. The van der Waals surface area contributed by atoms with Crippen molar-refractivity contribution in [1.29, 1.82) is 0 Å². The van der Waals surface area contributed by atoms with E-state index in [1.54, 1.807) is 19.2 Å². The highest BCUT2D eigenvalue weighted by Gasteiger charge is 2.27. The summed E-state index contributed by atoms with van der Waals surface area (Å²) >= 11 is 0. The predicted molar refractivity (Wildman–Crippen MR) is 127 cm³/mol. The monoisotopic (exact) mass is 551 g/mol. The molecule has 172 valence electrons. The molecule has 0 spiro atoms. The second-order valence-corrected chi connectivity index (χ2v) is 6.61. The van der Waals surface area contributed by atoms with Crippen LogP contribution in [0.1, 0.15) is 23.6 Å². The van der Waals surface area contributed by atoms with Crippen LogP contribution in [0.5, 0.6) is 5.75 Å². The van der Waals surface area contributed by atoms with Gasteiger partial charge >= 0.3 is 6.18 Å². The lowest BCUT2D eigenvalue weighted by Crippen LogP contribution is -2.38. The van der Waals surface area contributed by atoms with Gasteiger partial charge in [0, 0.05) is 13.1 Å². The molecule has 2 aromatic carbocycles. The number of ether oxygens (including phenoxy) is 2. The molecule has 0 amide bonds. The number of para-hydroxylation sites is 1. The van der Waals surface area contributed by atoms with Gasteiger partial charge in [0.05, 0.1) is 20.3 Å². The Morgan fingerprint density at radius 3 is 2.32 bits per heavy atom. The molecule has 0 bridgehead atoms. The molecule has 2 aromatic rings. The zero-order valence-corrected chi connectivity index (χ0v) is 20.0. The maximum atomic E-state index is 12.1. The standard InChI is InChI=1S/C22H28F3N3O2.HI/c1-3-26-21(27-13-12-19-6-4-5-7-20(19)29-2)28-14-17-8-10-18(11-9-17)15-30-16-22(23,24)25;/h4-11H,3,12-16H2,1-2H3,(H2,26,27,28);1H. The molecule has 0 saturated heterocycles. The number of hydrogen-bond donors (Lipinski definition) is 2. The van der Waals surface area contributed by atoms with E-state index in [4.69, 9.17) is 4.74 Å². The molecule has 0 radical (unpaired) electrons. The molecule has 0 unspecified atom stereocenters. The van der Waals surface area contributed by atoms with Crippen LogP contribution in [0.4, 0.5) is 13.2 Å². The molecule has 0 aromatic heterocycles. The highest BCUT2D eigenvalue weighted by atomic mass is 127. The average Bonchev–Trinajstić information content (AvgIpc) is 2.72. The molecule has 0 saturated carbocycles. The largest absolute Gasteiger partial charge is 0.496 e. The Labute approximate surface area is 198 Å². The summed E-state index contributed by atoms with van der Waals surface area (Å²) in [5.74, 6) is 1.56. The Hall–Kier alpha value is -2.01. The van der Waals surface area contributed by atoms with Crippen LogP contribution >= 0.6 is 24.0 Å². The SMILES string of the molecule is CCNC(=NCc1ccc(COCC(F)(F)F)cc1)NCCc1ccccc1OC.I. The average molecular weight is 551 g/mol. The normalized spacial score (nSPS) is 11.6. The fourth-order valence-corrected chi connectivity index (χ4v) is 2.76. The fraction of sp³-hybridized carbons (Fsp3) is 0.409. The van der Waals surface area contributed by atoms with Crippen LogP contribution in [-0.2, 0) is 24.3 Å². The van der Waals surface area contributed by atoms with Crippen molar-refractivity contribution in [1.82, 2.24) is 10.6 Å². The highest BCUT2D eigenvalue weighted by molar-refractivity contribution is 14.0. The summed E-state index contributed by atoms with van der Waals surface area (Å²) in [5.41, 5.74) is 2.76. The van der Waals surface area contributed by atoms with Crippen molar-refractivity contribution < 1.29 is 22.6 Å². The summed E-state index contributed by atoms with van der Waals surface area (Å²) in [6.45, 7) is 2.56. The molecule has 5 nitrogen and oxygen atoms in total. The van der Waals surface area contributed by atoms with Gasteiger partial charge in [-0.3, -0.25) is 0 Å². The number of hydrogen-bond acceptors (Lipinski definition) is 3. The first-order valence-electron chi connectivity index (χ1n) is 9.77.